The maximum absolute atomic E-state index is 12.4. The molecule has 1 amide bonds. The number of hydrogen-bond donors (Lipinski definition) is 1. The third kappa shape index (κ3) is 5.37. The van der Waals surface area contributed by atoms with Crippen molar-refractivity contribution >= 4 is 23.5 Å². The average Bonchev–Trinajstić information content (AvgIpc) is 2.24. The number of hydrogen-bond acceptors (Lipinski definition) is 4. The Morgan fingerprint density at radius 2 is 1.79 bits per heavy atom. The molecule has 0 aliphatic heterocycles. The molecule has 0 aromatic rings. The fourth-order valence-corrected chi connectivity index (χ4v) is 1.78. The zero-order valence-corrected chi connectivity index (χ0v) is 13.3. The Hall–Kier alpha value is -0.810. The van der Waals surface area contributed by atoms with E-state index in [0.717, 1.165) is 0 Å². The molecule has 0 saturated carbocycles. The minimum atomic E-state index is -1.65. The van der Waals surface area contributed by atoms with Gasteiger partial charge in [-0.3, -0.25) is 4.79 Å². The van der Waals surface area contributed by atoms with E-state index in [1.54, 1.807) is 34.6 Å². The normalized spacial score (nSPS) is 16.4. The molecule has 0 heterocycles. The molecular weight excluding hydrogens is 270 g/mol. The van der Waals surface area contributed by atoms with Crippen LogP contribution in [0.25, 0.3) is 0 Å². The number of ether oxygens (including phenoxy) is 2. The Morgan fingerprint density at radius 3 is 2.11 bits per heavy atom. The van der Waals surface area contributed by atoms with Crippen molar-refractivity contribution in [2.45, 2.75) is 64.7 Å². The van der Waals surface area contributed by atoms with Gasteiger partial charge in [-0.15, -0.1) is 11.6 Å². The molecule has 0 saturated heterocycles. The molecule has 1 N–H and O–H groups in total. The topological polar surface area (TPSA) is 64.6 Å². The van der Waals surface area contributed by atoms with Crippen LogP contribution in [0.2, 0.25) is 0 Å². The highest BCUT2D eigenvalue weighted by atomic mass is 35.5. The van der Waals surface area contributed by atoms with Gasteiger partial charge in [0, 0.05) is 13.5 Å². The molecule has 2 unspecified atom stereocenters. The summed E-state index contributed by atoms with van der Waals surface area (Å²) in [4.78, 5) is 23.7. The first-order valence-corrected chi connectivity index (χ1v) is 6.83. The molecule has 0 bridgehead atoms. The summed E-state index contributed by atoms with van der Waals surface area (Å²) in [6.45, 7) is 10.3. The molecule has 0 aliphatic rings. The average molecular weight is 294 g/mol. The summed E-state index contributed by atoms with van der Waals surface area (Å²) < 4.78 is 10.8. The smallest absolute Gasteiger partial charge is 0.362 e. The molecule has 0 spiro atoms. The van der Waals surface area contributed by atoms with Crippen LogP contribution in [0, 0.1) is 0 Å². The van der Waals surface area contributed by atoms with Gasteiger partial charge in [0.25, 0.3) is 5.72 Å². The van der Waals surface area contributed by atoms with Crippen LogP contribution in [0.1, 0.15) is 48.0 Å². The number of nitrogens with one attached hydrogen (secondary N) is 1. The Labute approximate surface area is 120 Å². The zero-order valence-electron chi connectivity index (χ0n) is 12.5. The van der Waals surface area contributed by atoms with E-state index in [-0.39, 0.29) is 6.61 Å². The monoisotopic (exact) mass is 293 g/mol. The molecule has 2 atom stereocenters. The summed E-state index contributed by atoms with van der Waals surface area (Å²) in [5, 5.41) is 1.78. The fourth-order valence-electron chi connectivity index (χ4n) is 1.57. The zero-order chi connectivity index (χ0) is 15.3. The molecular formula is C13H24ClNO4. The summed E-state index contributed by atoms with van der Waals surface area (Å²) >= 11 is 6.19. The molecule has 0 fully saturated rings. The Morgan fingerprint density at radius 1 is 1.26 bits per heavy atom. The summed E-state index contributed by atoms with van der Waals surface area (Å²) in [6, 6.07) is 0. The van der Waals surface area contributed by atoms with Gasteiger partial charge in [0.05, 0.1) is 5.38 Å². The van der Waals surface area contributed by atoms with Gasteiger partial charge in [-0.2, -0.15) is 0 Å². The lowest BCUT2D eigenvalue weighted by Crippen LogP contribution is -2.63. The van der Waals surface area contributed by atoms with E-state index >= 15 is 0 Å². The van der Waals surface area contributed by atoms with E-state index in [1.165, 1.54) is 6.92 Å². The number of carbonyl (C=O) groups is 2. The van der Waals surface area contributed by atoms with Crippen molar-refractivity contribution in [3.63, 3.8) is 0 Å². The lowest BCUT2D eigenvalue weighted by molar-refractivity contribution is -0.190. The lowest BCUT2D eigenvalue weighted by atomic mass is 10.1. The summed E-state index contributed by atoms with van der Waals surface area (Å²) in [5.74, 6) is -1.09. The van der Waals surface area contributed by atoms with Crippen LogP contribution in [0.3, 0.4) is 0 Å². The van der Waals surface area contributed by atoms with E-state index < -0.39 is 28.6 Å². The van der Waals surface area contributed by atoms with Crippen LogP contribution in [-0.4, -0.2) is 35.2 Å². The Bertz CT molecular complexity index is 327. The summed E-state index contributed by atoms with van der Waals surface area (Å²) in [7, 11) is 0. The van der Waals surface area contributed by atoms with Gasteiger partial charge in [-0.1, -0.05) is 6.92 Å². The molecule has 0 radical (unpaired) electrons. The van der Waals surface area contributed by atoms with Gasteiger partial charge < -0.3 is 14.8 Å². The number of carbonyl (C=O) groups excluding carboxylic acids is 2. The Balaban J connectivity index is 5.42. The largest absolute Gasteiger partial charge is 0.456 e. The number of esters is 1. The van der Waals surface area contributed by atoms with Crippen molar-refractivity contribution in [2.24, 2.45) is 0 Å². The van der Waals surface area contributed by atoms with Crippen molar-refractivity contribution in [3.8, 4) is 0 Å². The highest BCUT2D eigenvalue weighted by molar-refractivity contribution is 6.23. The first kappa shape index (κ1) is 18.2. The second-order valence-corrected chi connectivity index (χ2v) is 5.75. The number of alkyl halides is 1. The second-order valence-electron chi connectivity index (χ2n) is 5.23. The van der Waals surface area contributed by atoms with Crippen molar-refractivity contribution in [1.29, 1.82) is 0 Å². The van der Waals surface area contributed by atoms with Crippen LogP contribution >= 0.6 is 11.6 Å². The summed E-state index contributed by atoms with van der Waals surface area (Å²) in [5.41, 5.74) is -2.34. The van der Waals surface area contributed by atoms with Gasteiger partial charge in [0.2, 0.25) is 5.91 Å². The lowest BCUT2D eigenvalue weighted by Gasteiger charge is -2.37. The number of halogens is 1. The molecule has 112 valence electrons. The van der Waals surface area contributed by atoms with Gasteiger partial charge >= 0.3 is 5.97 Å². The minimum Gasteiger partial charge on any atom is -0.456 e. The molecule has 5 nitrogen and oxygen atoms in total. The first-order valence-electron chi connectivity index (χ1n) is 6.39. The maximum Gasteiger partial charge on any atom is 0.362 e. The summed E-state index contributed by atoms with van der Waals surface area (Å²) in [6.07, 6.45) is 0.446. The fraction of sp³-hybridized carbons (Fsp3) is 0.846. The number of rotatable bonds is 6. The molecule has 0 aromatic heterocycles. The highest BCUT2D eigenvalue weighted by Crippen LogP contribution is 2.25. The SMILES string of the molecule is CCOC(NC(C)=O)(C(=O)OC(C)(C)C)C(Cl)CC. The third-order valence-electron chi connectivity index (χ3n) is 2.24. The number of amides is 1. The van der Waals surface area contributed by atoms with Gasteiger partial charge in [-0.05, 0) is 34.1 Å². The second kappa shape index (κ2) is 7.10. The molecule has 0 aromatic carbocycles. The predicted molar refractivity (Wildman–Crippen MR) is 74.0 cm³/mol. The van der Waals surface area contributed by atoms with Crippen LogP contribution in [0.15, 0.2) is 0 Å². The van der Waals surface area contributed by atoms with E-state index in [1.807, 2.05) is 0 Å². The van der Waals surface area contributed by atoms with E-state index in [9.17, 15) is 9.59 Å². The van der Waals surface area contributed by atoms with E-state index in [2.05, 4.69) is 5.32 Å². The van der Waals surface area contributed by atoms with Crippen molar-refractivity contribution in [3.05, 3.63) is 0 Å². The van der Waals surface area contributed by atoms with Crippen molar-refractivity contribution in [1.82, 2.24) is 5.32 Å². The van der Waals surface area contributed by atoms with Gasteiger partial charge in [0.15, 0.2) is 0 Å². The molecule has 0 aliphatic carbocycles. The maximum atomic E-state index is 12.4. The Kier molecular flexibility index (Phi) is 6.80. The minimum absolute atomic E-state index is 0.225. The van der Waals surface area contributed by atoms with Gasteiger partial charge in [-0.25, -0.2) is 4.79 Å². The molecule has 6 heteroatoms. The van der Waals surface area contributed by atoms with Crippen LogP contribution in [-0.2, 0) is 19.1 Å². The van der Waals surface area contributed by atoms with Crippen LogP contribution in [0.4, 0.5) is 0 Å². The van der Waals surface area contributed by atoms with Crippen LogP contribution in [0.5, 0.6) is 0 Å². The highest BCUT2D eigenvalue weighted by Gasteiger charge is 2.49. The predicted octanol–water partition coefficient (Wildman–Crippen LogP) is 2.21. The van der Waals surface area contributed by atoms with E-state index in [4.69, 9.17) is 21.1 Å². The third-order valence-corrected chi connectivity index (χ3v) is 2.85. The molecule has 0 rings (SSSR count). The first-order chi connectivity index (χ1) is 8.59. The standard InChI is InChI=1S/C13H24ClNO4/c1-7-10(14)13(18-8-2,15-9(3)16)11(17)19-12(4,5)6/h10H,7-8H2,1-6H3,(H,15,16). The van der Waals surface area contributed by atoms with E-state index in [0.29, 0.717) is 6.42 Å². The van der Waals surface area contributed by atoms with Gasteiger partial charge in [0.1, 0.15) is 5.60 Å². The quantitative estimate of drug-likeness (QED) is 0.463. The van der Waals surface area contributed by atoms with Crippen LogP contribution < -0.4 is 5.32 Å². The van der Waals surface area contributed by atoms with Crippen molar-refractivity contribution in [2.75, 3.05) is 6.61 Å². The van der Waals surface area contributed by atoms with Crippen molar-refractivity contribution < 1.29 is 19.1 Å². The molecule has 19 heavy (non-hydrogen) atoms.